The first-order valence-corrected chi connectivity index (χ1v) is 6.43. The second-order valence-corrected chi connectivity index (χ2v) is 5.45. The monoisotopic (exact) mass is 251 g/mol. The predicted octanol–water partition coefficient (Wildman–Crippen LogP) is 4.35. The van der Waals surface area contributed by atoms with Gasteiger partial charge in [-0.25, -0.2) is 0 Å². The molecule has 1 atom stereocenters. The molecule has 0 radical (unpaired) electrons. The lowest BCUT2D eigenvalue weighted by atomic mass is 10.0. The third-order valence-corrected chi connectivity index (χ3v) is 3.96. The minimum Gasteiger partial charge on any atom is -0.313 e. The standard InChI is InChI=1S/C13H14ClNS/c1-9(15-2)10-4-3-5-11(8-10)12-6-7-13(14)16-12/h3-9,15H,1-2H3. The molecule has 0 fully saturated rings. The second kappa shape index (κ2) is 5.00. The van der Waals surface area contributed by atoms with Crippen molar-refractivity contribution in [3.05, 3.63) is 46.3 Å². The number of benzene rings is 1. The molecule has 16 heavy (non-hydrogen) atoms. The molecule has 0 spiro atoms. The Morgan fingerprint density at radius 2 is 2.06 bits per heavy atom. The first-order chi connectivity index (χ1) is 7.70. The predicted molar refractivity (Wildman–Crippen MR) is 72.2 cm³/mol. The van der Waals surface area contributed by atoms with Crippen molar-refractivity contribution in [2.75, 3.05) is 7.05 Å². The Bertz CT molecular complexity index is 478. The van der Waals surface area contributed by atoms with E-state index in [0.717, 1.165) is 4.34 Å². The number of hydrogen-bond acceptors (Lipinski definition) is 2. The van der Waals surface area contributed by atoms with Gasteiger partial charge in [0.2, 0.25) is 0 Å². The average Bonchev–Trinajstić information content (AvgIpc) is 2.75. The number of hydrogen-bond donors (Lipinski definition) is 1. The van der Waals surface area contributed by atoms with Gasteiger partial charge in [-0.05, 0) is 43.3 Å². The highest BCUT2D eigenvalue weighted by molar-refractivity contribution is 7.19. The molecule has 0 saturated carbocycles. The van der Waals surface area contributed by atoms with Crippen LogP contribution in [0.2, 0.25) is 4.34 Å². The van der Waals surface area contributed by atoms with E-state index >= 15 is 0 Å². The molecular formula is C13H14ClNS. The van der Waals surface area contributed by atoms with Crippen LogP contribution in [0.3, 0.4) is 0 Å². The summed E-state index contributed by atoms with van der Waals surface area (Å²) < 4.78 is 0.835. The highest BCUT2D eigenvalue weighted by atomic mass is 35.5. The van der Waals surface area contributed by atoms with Crippen molar-refractivity contribution < 1.29 is 0 Å². The fourth-order valence-corrected chi connectivity index (χ4v) is 2.64. The molecular weight excluding hydrogens is 238 g/mol. The minimum atomic E-state index is 0.371. The first kappa shape index (κ1) is 11.6. The van der Waals surface area contributed by atoms with Gasteiger partial charge in [-0.2, -0.15) is 0 Å². The molecule has 2 aromatic rings. The summed E-state index contributed by atoms with van der Waals surface area (Å²) in [7, 11) is 1.97. The van der Waals surface area contributed by atoms with Crippen LogP contribution in [0.5, 0.6) is 0 Å². The van der Waals surface area contributed by atoms with E-state index in [4.69, 9.17) is 11.6 Å². The maximum Gasteiger partial charge on any atom is 0.0934 e. The molecule has 1 aromatic heterocycles. The van der Waals surface area contributed by atoms with Crippen molar-refractivity contribution in [2.45, 2.75) is 13.0 Å². The van der Waals surface area contributed by atoms with Gasteiger partial charge in [-0.1, -0.05) is 29.8 Å². The molecule has 84 valence electrons. The summed E-state index contributed by atoms with van der Waals surface area (Å²) in [6.07, 6.45) is 0. The van der Waals surface area contributed by atoms with Gasteiger partial charge in [0.25, 0.3) is 0 Å². The van der Waals surface area contributed by atoms with Crippen molar-refractivity contribution in [2.24, 2.45) is 0 Å². The number of thiophene rings is 1. The molecule has 2 rings (SSSR count). The summed E-state index contributed by atoms with van der Waals surface area (Å²) in [5, 5.41) is 3.24. The summed E-state index contributed by atoms with van der Waals surface area (Å²) in [6, 6.07) is 12.9. The van der Waals surface area contributed by atoms with Crippen LogP contribution in [0.25, 0.3) is 10.4 Å². The van der Waals surface area contributed by atoms with Crippen LogP contribution >= 0.6 is 22.9 Å². The van der Waals surface area contributed by atoms with Crippen molar-refractivity contribution in [1.29, 1.82) is 0 Å². The highest BCUT2D eigenvalue weighted by Crippen LogP contribution is 2.32. The number of rotatable bonds is 3. The van der Waals surface area contributed by atoms with Gasteiger partial charge in [0.05, 0.1) is 4.34 Å². The SMILES string of the molecule is CNC(C)c1cccc(-c2ccc(Cl)s2)c1. The molecule has 0 aliphatic rings. The fourth-order valence-electron chi connectivity index (χ4n) is 1.60. The lowest BCUT2D eigenvalue weighted by Gasteiger charge is -2.11. The van der Waals surface area contributed by atoms with Crippen LogP contribution in [0, 0.1) is 0 Å². The Morgan fingerprint density at radius 3 is 2.69 bits per heavy atom. The van der Waals surface area contributed by atoms with Gasteiger partial charge in [-0.3, -0.25) is 0 Å². The molecule has 3 heteroatoms. The van der Waals surface area contributed by atoms with Crippen LogP contribution in [-0.4, -0.2) is 7.05 Å². The Morgan fingerprint density at radius 1 is 1.25 bits per heavy atom. The van der Waals surface area contributed by atoms with Gasteiger partial charge in [0.1, 0.15) is 0 Å². The minimum absolute atomic E-state index is 0.371. The summed E-state index contributed by atoms with van der Waals surface area (Å²) >= 11 is 7.56. The van der Waals surface area contributed by atoms with Gasteiger partial charge in [-0.15, -0.1) is 11.3 Å². The van der Waals surface area contributed by atoms with E-state index < -0.39 is 0 Å². The molecule has 1 N–H and O–H groups in total. The smallest absolute Gasteiger partial charge is 0.0934 e. The zero-order valence-corrected chi connectivity index (χ0v) is 10.9. The Labute approximate surface area is 105 Å². The van der Waals surface area contributed by atoms with Gasteiger partial charge in [0, 0.05) is 10.9 Å². The Kier molecular flexibility index (Phi) is 3.64. The number of nitrogens with one attached hydrogen (secondary N) is 1. The van der Waals surface area contributed by atoms with Gasteiger partial charge >= 0.3 is 0 Å². The maximum atomic E-state index is 5.95. The molecule has 1 heterocycles. The van der Waals surface area contributed by atoms with E-state index in [1.165, 1.54) is 16.0 Å². The van der Waals surface area contributed by atoms with Crippen molar-refractivity contribution >= 4 is 22.9 Å². The molecule has 1 nitrogen and oxygen atoms in total. The average molecular weight is 252 g/mol. The zero-order chi connectivity index (χ0) is 11.5. The van der Waals surface area contributed by atoms with Crippen LogP contribution in [0.15, 0.2) is 36.4 Å². The molecule has 0 bridgehead atoms. The molecule has 1 aromatic carbocycles. The quantitative estimate of drug-likeness (QED) is 0.855. The molecule has 0 saturated heterocycles. The summed E-state index contributed by atoms with van der Waals surface area (Å²) in [5.74, 6) is 0. The van der Waals surface area contributed by atoms with Crippen molar-refractivity contribution in [3.8, 4) is 10.4 Å². The summed E-state index contributed by atoms with van der Waals surface area (Å²) in [6.45, 7) is 2.15. The van der Waals surface area contributed by atoms with Crippen LogP contribution < -0.4 is 5.32 Å². The second-order valence-electron chi connectivity index (χ2n) is 3.74. The van der Waals surface area contributed by atoms with E-state index in [1.807, 2.05) is 13.1 Å². The molecule has 0 amide bonds. The molecule has 0 aliphatic carbocycles. The lowest BCUT2D eigenvalue weighted by Crippen LogP contribution is -2.11. The lowest BCUT2D eigenvalue weighted by molar-refractivity contribution is 0.652. The normalized spacial score (nSPS) is 12.7. The van der Waals surface area contributed by atoms with E-state index in [-0.39, 0.29) is 0 Å². The van der Waals surface area contributed by atoms with Crippen LogP contribution in [-0.2, 0) is 0 Å². The topological polar surface area (TPSA) is 12.0 Å². The van der Waals surface area contributed by atoms with Gasteiger partial charge in [0.15, 0.2) is 0 Å². The van der Waals surface area contributed by atoms with Crippen LogP contribution in [0.1, 0.15) is 18.5 Å². The van der Waals surface area contributed by atoms with E-state index in [9.17, 15) is 0 Å². The van der Waals surface area contributed by atoms with E-state index in [2.05, 4.69) is 42.6 Å². The van der Waals surface area contributed by atoms with Crippen LogP contribution in [0.4, 0.5) is 0 Å². The first-order valence-electron chi connectivity index (χ1n) is 5.23. The van der Waals surface area contributed by atoms with E-state index in [0.29, 0.717) is 6.04 Å². The summed E-state index contributed by atoms with van der Waals surface area (Å²) in [5.41, 5.74) is 2.53. The number of halogens is 1. The summed E-state index contributed by atoms with van der Waals surface area (Å²) in [4.78, 5) is 1.22. The Balaban J connectivity index is 2.36. The highest BCUT2D eigenvalue weighted by Gasteiger charge is 2.05. The largest absolute Gasteiger partial charge is 0.313 e. The third-order valence-electron chi connectivity index (χ3n) is 2.68. The zero-order valence-electron chi connectivity index (χ0n) is 9.33. The van der Waals surface area contributed by atoms with Crippen molar-refractivity contribution in [3.63, 3.8) is 0 Å². The van der Waals surface area contributed by atoms with E-state index in [1.54, 1.807) is 11.3 Å². The van der Waals surface area contributed by atoms with Gasteiger partial charge < -0.3 is 5.32 Å². The molecule has 1 unspecified atom stereocenters. The molecule has 0 aliphatic heterocycles. The Hall–Kier alpha value is -0.830. The third kappa shape index (κ3) is 2.46. The van der Waals surface area contributed by atoms with Crippen molar-refractivity contribution in [1.82, 2.24) is 5.32 Å². The maximum absolute atomic E-state index is 5.95. The fraction of sp³-hybridized carbons (Fsp3) is 0.231.